The number of nitrogens with two attached hydrogens (primary N) is 2. The maximum absolute atomic E-state index is 14.5. The monoisotopic (exact) mass is 441 g/mol. The maximum Gasteiger partial charge on any atom is 0.254 e. The van der Waals surface area contributed by atoms with Gasteiger partial charge in [-0.05, 0) is 55.4 Å². The molecule has 2 heterocycles. The highest BCUT2D eigenvalue weighted by Gasteiger charge is 2.50. The Morgan fingerprint density at radius 1 is 1.41 bits per heavy atom. The van der Waals surface area contributed by atoms with Crippen molar-refractivity contribution in [3.63, 3.8) is 0 Å². The van der Waals surface area contributed by atoms with Crippen LogP contribution in [-0.2, 0) is 4.79 Å². The minimum Gasteiger partial charge on any atom is -0.491 e. The van der Waals surface area contributed by atoms with E-state index in [-0.39, 0.29) is 40.2 Å². The van der Waals surface area contributed by atoms with Crippen molar-refractivity contribution in [3.05, 3.63) is 42.2 Å². The van der Waals surface area contributed by atoms with Crippen molar-refractivity contribution in [1.29, 1.82) is 0 Å². The summed E-state index contributed by atoms with van der Waals surface area (Å²) in [5.41, 5.74) is 12.6. The quantitative estimate of drug-likeness (QED) is 0.641. The van der Waals surface area contributed by atoms with Gasteiger partial charge in [0.15, 0.2) is 11.6 Å². The fourth-order valence-corrected chi connectivity index (χ4v) is 4.85. The highest BCUT2D eigenvalue weighted by molar-refractivity contribution is 6.03. The summed E-state index contributed by atoms with van der Waals surface area (Å²) in [6.45, 7) is 7.28. The smallest absolute Gasteiger partial charge is 0.254 e. The van der Waals surface area contributed by atoms with Crippen molar-refractivity contribution in [2.24, 2.45) is 11.1 Å². The first-order chi connectivity index (χ1) is 15.3. The summed E-state index contributed by atoms with van der Waals surface area (Å²) in [7, 11) is 0. The normalized spacial score (nSPS) is 22.1. The molecule has 1 saturated carbocycles. The number of rotatable bonds is 7. The average Bonchev–Trinajstić information content (AvgIpc) is 3.33. The van der Waals surface area contributed by atoms with Crippen LogP contribution in [0.25, 0.3) is 11.3 Å². The van der Waals surface area contributed by atoms with Crippen molar-refractivity contribution in [3.8, 4) is 17.0 Å². The predicted molar refractivity (Wildman–Crippen MR) is 118 cm³/mol. The number of hydrogen-bond donors (Lipinski definition) is 2. The number of likely N-dealkylation sites (tertiary alicyclic amines) is 1. The van der Waals surface area contributed by atoms with Gasteiger partial charge in [-0.2, -0.15) is 5.10 Å². The zero-order valence-corrected chi connectivity index (χ0v) is 18.1. The molecule has 4 rings (SSSR count). The van der Waals surface area contributed by atoms with Crippen LogP contribution < -0.4 is 16.2 Å². The van der Waals surface area contributed by atoms with Gasteiger partial charge in [0.1, 0.15) is 17.1 Å². The van der Waals surface area contributed by atoms with E-state index in [1.165, 1.54) is 18.2 Å². The van der Waals surface area contributed by atoms with Crippen LogP contribution in [0.1, 0.15) is 49.0 Å². The van der Waals surface area contributed by atoms with Gasteiger partial charge in [0.25, 0.3) is 5.91 Å². The topological polar surface area (TPSA) is 116 Å². The Balaban J connectivity index is 1.58. The minimum atomic E-state index is -0.715. The Morgan fingerprint density at radius 3 is 2.78 bits per heavy atom. The molecule has 1 spiro atoms. The van der Waals surface area contributed by atoms with Crippen LogP contribution in [0.15, 0.2) is 30.9 Å². The lowest BCUT2D eigenvalue weighted by Crippen LogP contribution is -2.42. The third-order valence-corrected chi connectivity index (χ3v) is 6.47. The summed E-state index contributed by atoms with van der Waals surface area (Å²) in [6, 6.07) is 4.42. The summed E-state index contributed by atoms with van der Waals surface area (Å²) < 4.78 is 21.5. The summed E-state index contributed by atoms with van der Waals surface area (Å²) in [4.78, 5) is 25.9. The Labute approximate surface area is 186 Å². The fourth-order valence-electron chi connectivity index (χ4n) is 4.85. The first kappa shape index (κ1) is 21.9. The van der Waals surface area contributed by atoms with Crippen LogP contribution in [0, 0.1) is 11.2 Å². The van der Waals surface area contributed by atoms with E-state index in [1.54, 1.807) is 15.6 Å². The molecule has 0 unspecified atom stereocenters. The molecule has 2 amide bonds. The van der Waals surface area contributed by atoms with Crippen LogP contribution in [0.2, 0.25) is 0 Å². The molecule has 1 aromatic heterocycles. The number of anilines is 1. The lowest BCUT2D eigenvalue weighted by Gasteiger charge is -2.45. The average molecular weight is 442 g/mol. The van der Waals surface area contributed by atoms with E-state index in [4.69, 9.17) is 16.2 Å². The standard InChI is InChI=1S/C23H28FN5O3/c1-3-9-32-17-6-5-14(10-16(17)24)20-19(22(26)31)21(25)29(27-20)15-11-23(12-15)7-8-28(13-23)18(30)4-2/h4-6,10,15H,2-3,7-9,11-13,25H2,1H3,(H2,26,31). The first-order valence-electron chi connectivity index (χ1n) is 10.8. The molecule has 1 aliphatic heterocycles. The van der Waals surface area contributed by atoms with Crippen molar-refractivity contribution < 1.29 is 18.7 Å². The molecule has 8 nitrogen and oxygen atoms in total. The number of carbonyl (C=O) groups is 2. The number of halogens is 1. The fraction of sp³-hybridized carbons (Fsp3) is 0.435. The Bertz CT molecular complexity index is 1070. The van der Waals surface area contributed by atoms with Crippen LogP contribution in [0.3, 0.4) is 0 Å². The lowest BCUT2D eigenvalue weighted by atomic mass is 9.65. The number of carbonyl (C=O) groups excluding carboxylic acids is 2. The van der Waals surface area contributed by atoms with Crippen molar-refractivity contribution >= 4 is 17.6 Å². The van der Waals surface area contributed by atoms with Gasteiger partial charge in [-0.3, -0.25) is 9.59 Å². The van der Waals surface area contributed by atoms with E-state index in [9.17, 15) is 14.0 Å². The van der Waals surface area contributed by atoms with E-state index in [1.807, 2.05) is 6.92 Å². The Morgan fingerprint density at radius 2 is 2.16 bits per heavy atom. The Hall–Kier alpha value is -3.36. The summed E-state index contributed by atoms with van der Waals surface area (Å²) in [5.74, 6) is -0.996. The van der Waals surface area contributed by atoms with Crippen molar-refractivity contribution in [2.75, 3.05) is 25.4 Å². The molecule has 170 valence electrons. The number of amides is 2. The van der Waals surface area contributed by atoms with Gasteiger partial charge in [-0.1, -0.05) is 13.5 Å². The maximum atomic E-state index is 14.5. The molecule has 0 bridgehead atoms. The Kier molecular flexibility index (Phi) is 5.66. The van der Waals surface area contributed by atoms with E-state index < -0.39 is 11.7 Å². The zero-order chi connectivity index (χ0) is 23.0. The number of nitrogen functional groups attached to an aromatic ring is 1. The molecular weight excluding hydrogens is 413 g/mol. The van der Waals surface area contributed by atoms with Gasteiger partial charge in [0.2, 0.25) is 5.91 Å². The van der Waals surface area contributed by atoms with Gasteiger partial charge in [-0.15, -0.1) is 0 Å². The summed E-state index contributed by atoms with van der Waals surface area (Å²) >= 11 is 0. The lowest BCUT2D eigenvalue weighted by molar-refractivity contribution is -0.125. The number of primary amides is 1. The number of benzene rings is 1. The molecule has 2 fully saturated rings. The molecule has 32 heavy (non-hydrogen) atoms. The third-order valence-electron chi connectivity index (χ3n) is 6.47. The van der Waals surface area contributed by atoms with Crippen LogP contribution >= 0.6 is 0 Å². The summed E-state index contributed by atoms with van der Waals surface area (Å²) in [5, 5.41) is 4.57. The molecule has 1 aliphatic carbocycles. The second-order valence-electron chi connectivity index (χ2n) is 8.69. The second kappa shape index (κ2) is 8.29. The predicted octanol–water partition coefficient (Wildman–Crippen LogP) is 2.90. The third kappa shape index (κ3) is 3.72. The van der Waals surface area contributed by atoms with Crippen molar-refractivity contribution in [2.45, 2.75) is 38.6 Å². The molecular formula is C23H28FN5O3. The van der Waals surface area contributed by atoms with Gasteiger partial charge in [-0.25, -0.2) is 9.07 Å². The summed E-state index contributed by atoms with van der Waals surface area (Å²) in [6.07, 6.45) is 4.58. The zero-order valence-electron chi connectivity index (χ0n) is 18.1. The van der Waals surface area contributed by atoms with Crippen molar-refractivity contribution in [1.82, 2.24) is 14.7 Å². The highest BCUT2D eigenvalue weighted by Crippen LogP contribution is 2.54. The number of nitrogens with zero attached hydrogens (tertiary/aromatic N) is 3. The highest BCUT2D eigenvalue weighted by atomic mass is 19.1. The molecule has 0 atom stereocenters. The van der Waals surface area contributed by atoms with E-state index in [0.29, 0.717) is 25.3 Å². The van der Waals surface area contributed by atoms with E-state index in [2.05, 4.69) is 11.7 Å². The first-order valence-corrected chi connectivity index (χ1v) is 10.8. The minimum absolute atomic E-state index is 0.0161. The van der Waals surface area contributed by atoms with E-state index >= 15 is 0 Å². The molecule has 2 aromatic rings. The van der Waals surface area contributed by atoms with Gasteiger partial charge in [0.05, 0.1) is 12.6 Å². The molecule has 1 aromatic carbocycles. The molecule has 1 saturated heterocycles. The van der Waals surface area contributed by atoms with Gasteiger partial charge < -0.3 is 21.1 Å². The van der Waals surface area contributed by atoms with Crippen LogP contribution in [0.5, 0.6) is 5.75 Å². The van der Waals surface area contributed by atoms with Gasteiger partial charge in [0, 0.05) is 18.7 Å². The van der Waals surface area contributed by atoms with Gasteiger partial charge >= 0.3 is 0 Å². The van der Waals surface area contributed by atoms with E-state index in [0.717, 1.165) is 25.7 Å². The molecule has 4 N–H and O–H groups in total. The number of ether oxygens (including phenoxy) is 1. The van der Waals surface area contributed by atoms with Crippen LogP contribution in [-0.4, -0.2) is 46.2 Å². The molecule has 0 radical (unpaired) electrons. The molecule has 9 heteroatoms. The second-order valence-corrected chi connectivity index (χ2v) is 8.69. The number of aromatic nitrogens is 2. The molecule has 2 aliphatic rings. The SMILES string of the molecule is C=CC(=O)N1CCC2(CC(n3nc(-c4ccc(OCCC)c(F)c4)c(C(N)=O)c3N)C2)C1. The number of hydrogen-bond acceptors (Lipinski definition) is 5. The van der Waals surface area contributed by atoms with Crippen LogP contribution in [0.4, 0.5) is 10.2 Å². The largest absolute Gasteiger partial charge is 0.491 e.